The summed E-state index contributed by atoms with van der Waals surface area (Å²) in [5, 5.41) is 14.2. The zero-order valence-corrected chi connectivity index (χ0v) is 42.8. The first-order chi connectivity index (χ1) is 34.7. The molecular formula is C55H69ClN8O8. The predicted molar refractivity (Wildman–Crippen MR) is 274 cm³/mol. The van der Waals surface area contributed by atoms with Gasteiger partial charge in [0.15, 0.2) is 0 Å². The van der Waals surface area contributed by atoms with Crippen molar-refractivity contribution in [3.05, 3.63) is 112 Å². The lowest BCUT2D eigenvalue weighted by Gasteiger charge is -2.38. The van der Waals surface area contributed by atoms with Crippen molar-refractivity contribution in [3.63, 3.8) is 0 Å². The Morgan fingerprint density at radius 2 is 1.44 bits per heavy atom. The number of aliphatic hydroxyl groups excluding tert-OH is 1. The number of benzene rings is 3. The second-order valence-corrected chi connectivity index (χ2v) is 21.4. The molecule has 16 nitrogen and oxygen atoms in total. The van der Waals surface area contributed by atoms with Gasteiger partial charge in [-0.1, -0.05) is 79.2 Å². The second-order valence-electron chi connectivity index (χ2n) is 20.9. The molecule has 5 aliphatic rings. The quantitative estimate of drug-likeness (QED) is 0.129. The lowest BCUT2D eigenvalue weighted by molar-refractivity contribution is -0.133. The molecule has 72 heavy (non-hydrogen) atoms. The molecule has 4 aromatic rings. The van der Waals surface area contributed by atoms with E-state index in [9.17, 15) is 24.3 Å². The number of anilines is 1. The van der Waals surface area contributed by atoms with Gasteiger partial charge >= 0.3 is 12.2 Å². The minimum Gasteiger partial charge on any atom is -0.448 e. The largest absolute Gasteiger partial charge is 0.448 e. The summed E-state index contributed by atoms with van der Waals surface area (Å²) in [4.78, 5) is 73.9. The fraction of sp³-hybridized carbons (Fsp3) is 0.527. The molecule has 17 heteroatoms. The van der Waals surface area contributed by atoms with Crippen LogP contribution < -0.4 is 10.2 Å². The molecule has 3 fully saturated rings. The normalized spacial score (nSPS) is 20.1. The zero-order chi connectivity index (χ0) is 50.5. The Hall–Kier alpha value is -5.81. The summed E-state index contributed by atoms with van der Waals surface area (Å²) in [7, 11) is 0. The number of fused-ring (bicyclic) bond motifs is 4. The number of piperidine rings is 2. The van der Waals surface area contributed by atoms with Gasteiger partial charge in [-0.05, 0) is 98.7 Å². The van der Waals surface area contributed by atoms with Gasteiger partial charge in [-0.25, -0.2) is 19.6 Å². The van der Waals surface area contributed by atoms with Crippen LogP contribution in [0.1, 0.15) is 112 Å². The molecule has 4 heterocycles. The summed E-state index contributed by atoms with van der Waals surface area (Å²) < 4.78 is 18.3. The first-order valence-electron chi connectivity index (χ1n) is 25.7. The first kappa shape index (κ1) is 51.1. The molecule has 4 amide bonds. The van der Waals surface area contributed by atoms with Crippen LogP contribution in [-0.2, 0) is 23.8 Å². The van der Waals surface area contributed by atoms with E-state index in [1.165, 1.54) is 6.33 Å². The molecule has 384 valence electrons. The van der Waals surface area contributed by atoms with Crippen molar-refractivity contribution in [2.45, 2.75) is 101 Å². The number of aliphatic hydroxyl groups is 1. The van der Waals surface area contributed by atoms with E-state index in [1.807, 2.05) is 62.1 Å². The Labute approximate surface area is 427 Å². The highest BCUT2D eigenvalue weighted by molar-refractivity contribution is 6.30. The average molecular weight is 1010 g/mol. The number of carbonyl (C=O) groups excluding carboxylic acids is 4. The van der Waals surface area contributed by atoms with Gasteiger partial charge in [0.05, 0.1) is 36.5 Å². The Morgan fingerprint density at radius 3 is 2.08 bits per heavy atom. The minimum atomic E-state index is -0.760. The number of nitrogens with one attached hydrogen (secondary N) is 1. The van der Waals surface area contributed by atoms with Crippen molar-refractivity contribution >= 4 is 41.4 Å². The van der Waals surface area contributed by atoms with Crippen LogP contribution in [0.2, 0.25) is 5.02 Å². The van der Waals surface area contributed by atoms with Gasteiger partial charge in [0.25, 0.3) is 0 Å². The van der Waals surface area contributed by atoms with Crippen LogP contribution in [0.3, 0.4) is 0 Å². The van der Waals surface area contributed by atoms with Crippen LogP contribution in [0.25, 0.3) is 11.1 Å². The van der Waals surface area contributed by atoms with Crippen LogP contribution in [0.15, 0.2) is 79.1 Å². The smallest absolute Gasteiger partial charge is 0.410 e. The van der Waals surface area contributed by atoms with E-state index in [0.29, 0.717) is 75.1 Å². The number of ether oxygens (including phenoxy) is 3. The summed E-state index contributed by atoms with van der Waals surface area (Å²) in [6.07, 6.45) is 3.93. The Balaban J connectivity index is 0.837. The third kappa shape index (κ3) is 12.0. The van der Waals surface area contributed by atoms with Crippen molar-refractivity contribution in [2.75, 3.05) is 90.0 Å². The van der Waals surface area contributed by atoms with E-state index in [1.54, 1.807) is 21.9 Å². The molecule has 2 N–H and O–H groups in total. The third-order valence-electron chi connectivity index (χ3n) is 14.8. The number of likely N-dealkylation sites (tertiary alicyclic amines) is 2. The van der Waals surface area contributed by atoms with Crippen molar-refractivity contribution in [1.82, 2.24) is 34.9 Å². The fourth-order valence-electron chi connectivity index (χ4n) is 11.1. The molecule has 3 saturated heterocycles. The maximum absolute atomic E-state index is 14.9. The number of nitrogens with zero attached hydrogens (tertiary/aromatic N) is 7. The summed E-state index contributed by atoms with van der Waals surface area (Å²) in [5.74, 6) is -0.295. The third-order valence-corrected chi connectivity index (χ3v) is 15.1. The Kier molecular flexibility index (Phi) is 16.0. The topological polar surface area (TPSA) is 170 Å². The number of piperazine rings is 1. The molecule has 0 bridgehead atoms. The first-order valence-corrected chi connectivity index (χ1v) is 26.1. The highest BCUT2D eigenvalue weighted by Gasteiger charge is 2.37. The van der Waals surface area contributed by atoms with Gasteiger partial charge in [-0.3, -0.25) is 14.5 Å². The van der Waals surface area contributed by atoms with E-state index < -0.39 is 23.7 Å². The number of rotatable bonds is 14. The lowest BCUT2D eigenvalue weighted by atomic mass is 9.96. The number of halogens is 1. The van der Waals surface area contributed by atoms with Gasteiger partial charge < -0.3 is 44.2 Å². The van der Waals surface area contributed by atoms with Crippen LogP contribution in [0.5, 0.6) is 0 Å². The molecule has 0 unspecified atom stereocenters. The Morgan fingerprint density at radius 1 is 0.819 bits per heavy atom. The maximum Gasteiger partial charge on any atom is 0.410 e. The highest BCUT2D eigenvalue weighted by atomic mass is 35.5. The molecule has 0 spiro atoms. The average Bonchev–Trinajstić information content (AvgIpc) is 3.86. The standard InChI is InChI=1S/C55H69ClN8O8/c1-36-31-47(65)50-49(36)51(59-35-58-50)61-27-29-62(30-28-61)52(67)45(37-13-15-38(56)16-14-37)32-64(53(68)70-34-46-43-11-7-5-9-41(43)42-10-6-8-12-44(42)46)26-21-57-48(66)33-60-22-17-39(18-23-60)71-40-19-24-63(25-20-40)54(69)72-55(2,3)4/h5-16,35-36,39-40,45-47,65H,17-34H2,1-4H3,(H,57,66)/t36-,45-,47-/m1/s1. The number of hydrogen-bond donors (Lipinski definition) is 2. The zero-order valence-electron chi connectivity index (χ0n) is 42.0. The van der Waals surface area contributed by atoms with Crippen molar-refractivity contribution < 1.29 is 38.5 Å². The van der Waals surface area contributed by atoms with Gasteiger partial charge in [-0.15, -0.1) is 0 Å². The molecule has 3 aromatic carbocycles. The molecule has 9 rings (SSSR count). The monoisotopic (exact) mass is 1000 g/mol. The van der Waals surface area contributed by atoms with Crippen LogP contribution in [-0.4, -0.2) is 162 Å². The van der Waals surface area contributed by atoms with E-state index in [4.69, 9.17) is 25.8 Å². The molecular weight excluding hydrogens is 936 g/mol. The molecule has 2 aliphatic carbocycles. The highest BCUT2D eigenvalue weighted by Crippen LogP contribution is 2.45. The van der Waals surface area contributed by atoms with Crippen molar-refractivity contribution in [3.8, 4) is 11.1 Å². The van der Waals surface area contributed by atoms with E-state index in [2.05, 4.69) is 56.3 Å². The van der Waals surface area contributed by atoms with Crippen LogP contribution in [0, 0.1) is 0 Å². The number of aromatic nitrogens is 2. The van der Waals surface area contributed by atoms with Crippen molar-refractivity contribution in [2.24, 2.45) is 0 Å². The van der Waals surface area contributed by atoms with Gasteiger partial charge in [0.1, 0.15) is 24.4 Å². The summed E-state index contributed by atoms with van der Waals surface area (Å²) in [6.45, 7) is 12.8. The van der Waals surface area contributed by atoms with E-state index in [-0.39, 0.29) is 74.7 Å². The minimum absolute atomic E-state index is 0.00951. The summed E-state index contributed by atoms with van der Waals surface area (Å²) in [5.41, 5.74) is 6.24. The van der Waals surface area contributed by atoms with Gasteiger partial charge in [0.2, 0.25) is 11.8 Å². The summed E-state index contributed by atoms with van der Waals surface area (Å²) in [6, 6.07) is 23.5. The number of carbonyl (C=O) groups is 4. The van der Waals surface area contributed by atoms with Gasteiger partial charge in [-0.2, -0.15) is 0 Å². The lowest BCUT2D eigenvalue weighted by Crippen LogP contribution is -2.52. The van der Waals surface area contributed by atoms with E-state index in [0.717, 1.165) is 59.3 Å². The SMILES string of the molecule is C[C@@H]1C[C@@H](O)c2ncnc(N3CCN(C(=O)[C@H](CN(CCNC(=O)CN4CCC(OC5CCN(C(=O)OC(C)(C)C)CC5)CC4)C(=O)OCC4c5ccccc5-c5ccccc54)c4ccc(Cl)cc4)CC3)c21. The molecule has 3 atom stereocenters. The molecule has 0 saturated carbocycles. The molecule has 0 radical (unpaired) electrons. The Bertz CT molecular complexity index is 2510. The van der Waals surface area contributed by atoms with Crippen LogP contribution >= 0.6 is 11.6 Å². The van der Waals surface area contributed by atoms with Crippen molar-refractivity contribution in [1.29, 1.82) is 0 Å². The maximum atomic E-state index is 14.9. The fourth-order valence-corrected chi connectivity index (χ4v) is 11.2. The number of hydrogen-bond acceptors (Lipinski definition) is 12. The predicted octanol–water partition coefficient (Wildman–Crippen LogP) is 7.35. The summed E-state index contributed by atoms with van der Waals surface area (Å²) >= 11 is 6.38. The van der Waals surface area contributed by atoms with E-state index >= 15 is 0 Å². The number of amides is 4. The molecule has 3 aliphatic heterocycles. The van der Waals surface area contributed by atoms with Crippen LogP contribution in [0.4, 0.5) is 15.4 Å². The molecule has 1 aromatic heterocycles. The second kappa shape index (κ2) is 22.5. The van der Waals surface area contributed by atoms with Gasteiger partial charge in [0, 0.05) is 88.5 Å².